The summed E-state index contributed by atoms with van der Waals surface area (Å²) < 4.78 is 0. The van der Waals surface area contributed by atoms with Gasteiger partial charge in [0.25, 0.3) is 0 Å². The molecule has 11 heavy (non-hydrogen) atoms. The molecule has 5 nitrogen and oxygen atoms in total. The fraction of sp³-hybridized carbons (Fsp3) is 0.833. The number of nitrogens with one attached hydrogen (secondary N) is 2. The van der Waals surface area contributed by atoms with E-state index in [9.17, 15) is 4.79 Å². The first-order valence-electron chi connectivity index (χ1n) is 3.48. The van der Waals surface area contributed by atoms with Gasteiger partial charge in [-0.05, 0) is 7.05 Å². The van der Waals surface area contributed by atoms with E-state index >= 15 is 0 Å². The summed E-state index contributed by atoms with van der Waals surface area (Å²) in [5, 5.41) is 14.1. The van der Waals surface area contributed by atoms with Gasteiger partial charge in [0.2, 0.25) is 0 Å². The molecule has 0 amide bonds. The summed E-state index contributed by atoms with van der Waals surface area (Å²) in [6, 6.07) is 0. The van der Waals surface area contributed by atoms with Gasteiger partial charge in [0, 0.05) is 6.54 Å². The van der Waals surface area contributed by atoms with Crippen molar-refractivity contribution >= 4 is 5.78 Å². The maximum atomic E-state index is 10.8. The second-order valence-corrected chi connectivity index (χ2v) is 2.20. The minimum Gasteiger partial charge on any atom is -0.377 e. The molecule has 0 aromatic heterocycles. The number of nitrogens with two attached hydrogens (primary N) is 1. The Morgan fingerprint density at radius 1 is 1.64 bits per heavy atom. The molecule has 0 aromatic rings. The summed E-state index contributed by atoms with van der Waals surface area (Å²) in [6.45, 7) is 0.580. The van der Waals surface area contributed by atoms with Crippen molar-refractivity contribution in [3.63, 3.8) is 0 Å². The number of carbonyl (C=O) groups is 1. The Kier molecular flexibility index (Phi) is 5.96. The molecule has 0 heterocycles. The molecule has 0 radical (unpaired) electrons. The molecular weight excluding hydrogens is 146 g/mol. The quantitative estimate of drug-likeness (QED) is 0.327. The van der Waals surface area contributed by atoms with Crippen molar-refractivity contribution in [1.29, 1.82) is 0 Å². The molecule has 0 saturated heterocycles. The van der Waals surface area contributed by atoms with E-state index in [1.54, 1.807) is 7.05 Å². The predicted molar refractivity (Wildman–Crippen MR) is 42.0 cm³/mol. The first kappa shape index (κ1) is 10.5. The largest absolute Gasteiger partial charge is 0.377 e. The molecule has 0 fully saturated rings. The smallest absolute Gasteiger partial charge is 0.160 e. The summed E-state index contributed by atoms with van der Waals surface area (Å²) in [5.41, 5.74) is 5.09. The Morgan fingerprint density at radius 3 is 2.73 bits per heavy atom. The van der Waals surface area contributed by atoms with E-state index in [1.165, 1.54) is 0 Å². The van der Waals surface area contributed by atoms with Gasteiger partial charge in [-0.15, -0.1) is 0 Å². The third kappa shape index (κ3) is 5.93. The van der Waals surface area contributed by atoms with Crippen LogP contribution in [0.15, 0.2) is 0 Å². The van der Waals surface area contributed by atoms with Crippen LogP contribution < -0.4 is 16.4 Å². The van der Waals surface area contributed by atoms with E-state index in [1.807, 2.05) is 0 Å². The summed E-state index contributed by atoms with van der Waals surface area (Å²) in [5.74, 6) is 0. The lowest BCUT2D eigenvalue weighted by Gasteiger charge is -2.08. The fourth-order valence-corrected chi connectivity index (χ4v) is 0.575. The number of likely N-dealkylation sites (N-methyl/N-ethyl adjacent to an activating group) is 1. The molecule has 1 unspecified atom stereocenters. The van der Waals surface area contributed by atoms with Crippen LogP contribution in [-0.2, 0) is 4.79 Å². The maximum Gasteiger partial charge on any atom is 0.160 e. The number of aliphatic hydroxyl groups excluding tert-OH is 1. The molecule has 0 rings (SSSR count). The molecule has 5 N–H and O–H groups in total. The number of carbonyl (C=O) groups excluding carboxylic acids is 1. The highest BCUT2D eigenvalue weighted by atomic mass is 16.3. The van der Waals surface area contributed by atoms with Gasteiger partial charge < -0.3 is 16.2 Å². The predicted octanol–water partition coefficient (Wildman–Crippen LogP) is -2.36. The van der Waals surface area contributed by atoms with Crippen LogP contribution in [-0.4, -0.2) is 43.8 Å². The normalized spacial score (nSPS) is 13.0. The van der Waals surface area contributed by atoms with E-state index in [4.69, 9.17) is 10.8 Å². The molecule has 0 aliphatic rings. The van der Waals surface area contributed by atoms with Gasteiger partial charge in [0.15, 0.2) is 5.78 Å². The van der Waals surface area contributed by atoms with Crippen molar-refractivity contribution in [2.45, 2.75) is 6.23 Å². The van der Waals surface area contributed by atoms with E-state index < -0.39 is 6.23 Å². The standard InChI is InChI=1S/C6H15N3O2/c1-8-3-5(10)4-9-6(11)2-7/h6,8-9,11H,2-4,7H2,1H3. The van der Waals surface area contributed by atoms with Gasteiger partial charge in [0.05, 0.1) is 13.1 Å². The lowest BCUT2D eigenvalue weighted by atomic mass is 10.4. The third-order valence-corrected chi connectivity index (χ3v) is 1.13. The minimum atomic E-state index is -0.782. The number of aliphatic hydroxyl groups is 1. The van der Waals surface area contributed by atoms with Gasteiger partial charge in [0.1, 0.15) is 6.23 Å². The van der Waals surface area contributed by atoms with Crippen LogP contribution in [0.1, 0.15) is 0 Å². The topological polar surface area (TPSA) is 87.4 Å². The van der Waals surface area contributed by atoms with E-state index in [-0.39, 0.29) is 18.9 Å². The van der Waals surface area contributed by atoms with Crippen LogP contribution in [0, 0.1) is 0 Å². The highest BCUT2D eigenvalue weighted by molar-refractivity contribution is 5.82. The molecule has 66 valence electrons. The zero-order chi connectivity index (χ0) is 8.69. The minimum absolute atomic E-state index is 0. The number of hydrogen-bond acceptors (Lipinski definition) is 5. The third-order valence-electron chi connectivity index (χ3n) is 1.13. The van der Waals surface area contributed by atoms with Crippen molar-refractivity contribution < 1.29 is 9.90 Å². The average Bonchev–Trinajstić information content (AvgIpc) is 2.01. The highest BCUT2D eigenvalue weighted by Gasteiger charge is 2.02. The maximum absolute atomic E-state index is 10.8. The van der Waals surface area contributed by atoms with E-state index in [0.717, 1.165) is 0 Å². The summed E-state index contributed by atoms with van der Waals surface area (Å²) in [4.78, 5) is 10.8. The summed E-state index contributed by atoms with van der Waals surface area (Å²) in [7, 11) is 1.69. The zero-order valence-corrected chi connectivity index (χ0v) is 6.63. The van der Waals surface area contributed by atoms with Crippen LogP contribution >= 0.6 is 0 Å². The van der Waals surface area contributed by atoms with Crippen LogP contribution in [0.4, 0.5) is 0 Å². The highest BCUT2D eigenvalue weighted by Crippen LogP contribution is 1.71. The lowest BCUT2D eigenvalue weighted by molar-refractivity contribution is -0.117. The molecule has 0 aliphatic heterocycles. The SMILES string of the molecule is CNCC(=O)CNC(O)CN. The Morgan fingerprint density at radius 2 is 2.27 bits per heavy atom. The monoisotopic (exact) mass is 161 g/mol. The second kappa shape index (κ2) is 6.23. The lowest BCUT2D eigenvalue weighted by Crippen LogP contribution is -2.40. The zero-order valence-electron chi connectivity index (χ0n) is 6.63. The molecule has 0 bridgehead atoms. The van der Waals surface area contributed by atoms with Crippen LogP contribution in [0.3, 0.4) is 0 Å². The number of rotatable bonds is 6. The van der Waals surface area contributed by atoms with Crippen molar-refractivity contribution in [2.75, 3.05) is 26.7 Å². The molecule has 0 aliphatic carbocycles. The van der Waals surface area contributed by atoms with Gasteiger partial charge >= 0.3 is 0 Å². The van der Waals surface area contributed by atoms with Gasteiger partial charge in [-0.2, -0.15) is 0 Å². The van der Waals surface area contributed by atoms with Gasteiger partial charge in [-0.3, -0.25) is 10.1 Å². The average molecular weight is 161 g/mol. The number of Topliss-reactive ketones (excluding diaryl/α,β-unsaturated/α-hetero) is 1. The van der Waals surface area contributed by atoms with Crippen LogP contribution in [0.5, 0.6) is 0 Å². The molecular formula is C6H15N3O2. The molecule has 1 atom stereocenters. The van der Waals surface area contributed by atoms with Crippen LogP contribution in [0.2, 0.25) is 0 Å². The Balaban J connectivity index is 3.30. The first-order valence-corrected chi connectivity index (χ1v) is 3.48. The number of hydrogen-bond donors (Lipinski definition) is 4. The van der Waals surface area contributed by atoms with E-state index in [2.05, 4.69) is 10.6 Å². The second-order valence-electron chi connectivity index (χ2n) is 2.20. The fourth-order valence-electron chi connectivity index (χ4n) is 0.575. The summed E-state index contributed by atoms with van der Waals surface area (Å²) >= 11 is 0. The Hall–Kier alpha value is -0.490. The molecule has 0 aromatic carbocycles. The summed E-state index contributed by atoms with van der Waals surface area (Å²) in [6.07, 6.45) is -0.782. The van der Waals surface area contributed by atoms with Gasteiger partial charge in [-0.1, -0.05) is 0 Å². The Labute approximate surface area is 66.0 Å². The molecule has 0 saturated carbocycles. The molecule has 5 heteroatoms. The van der Waals surface area contributed by atoms with Crippen molar-refractivity contribution in [1.82, 2.24) is 10.6 Å². The van der Waals surface area contributed by atoms with Crippen molar-refractivity contribution in [2.24, 2.45) is 5.73 Å². The van der Waals surface area contributed by atoms with Gasteiger partial charge in [-0.25, -0.2) is 0 Å². The Bertz CT molecular complexity index is 118. The molecule has 0 spiro atoms. The first-order chi connectivity index (χ1) is 5.20. The van der Waals surface area contributed by atoms with Crippen LogP contribution in [0.25, 0.3) is 0 Å². The van der Waals surface area contributed by atoms with E-state index in [0.29, 0.717) is 6.54 Å². The number of ketones is 1. The van der Waals surface area contributed by atoms with Crippen molar-refractivity contribution in [3.8, 4) is 0 Å². The van der Waals surface area contributed by atoms with Crippen molar-refractivity contribution in [3.05, 3.63) is 0 Å².